The number of aliphatic hydroxyl groups is 2. The van der Waals surface area contributed by atoms with Crippen molar-refractivity contribution in [2.45, 2.75) is 52.1 Å². The Hall–Kier alpha value is -0.280. The summed E-state index contributed by atoms with van der Waals surface area (Å²) in [5.41, 5.74) is 1.05. The van der Waals surface area contributed by atoms with Crippen LogP contribution in [0.2, 0.25) is 0 Å². The van der Waals surface area contributed by atoms with Gasteiger partial charge < -0.3 is 10.2 Å². The van der Waals surface area contributed by atoms with Crippen LogP contribution in [-0.4, -0.2) is 21.6 Å². The predicted molar refractivity (Wildman–Crippen MR) is 79.8 cm³/mol. The fourth-order valence-electron chi connectivity index (χ4n) is 2.24. The fourth-order valence-corrected chi connectivity index (χ4v) is 2.64. The molecule has 0 aromatic heterocycles. The standard InChI is InChI=1S/C15H24BrO2/c1-15(2,7-5-3-4-6-8-16)12-9-13(17)11-14(18)10-12/h9-11,13,17-18H,3-8H2,1-2H3. The lowest BCUT2D eigenvalue weighted by Gasteiger charge is -2.29. The van der Waals surface area contributed by atoms with Gasteiger partial charge in [-0.15, -0.1) is 0 Å². The van der Waals surface area contributed by atoms with Crippen LogP contribution in [0.3, 0.4) is 0 Å². The third-order valence-electron chi connectivity index (χ3n) is 3.46. The molecule has 2 N–H and O–H groups in total. The Balaban J connectivity index is 2.47. The van der Waals surface area contributed by atoms with Gasteiger partial charge in [-0.05, 0) is 29.9 Å². The average Bonchev–Trinajstić information content (AvgIpc) is 2.27. The van der Waals surface area contributed by atoms with Crippen molar-refractivity contribution in [3.63, 3.8) is 0 Å². The van der Waals surface area contributed by atoms with Crippen molar-refractivity contribution in [2.24, 2.45) is 5.41 Å². The third-order valence-corrected chi connectivity index (χ3v) is 4.02. The molecule has 0 saturated carbocycles. The molecule has 0 aromatic carbocycles. The van der Waals surface area contributed by atoms with Crippen LogP contribution in [0.5, 0.6) is 0 Å². The van der Waals surface area contributed by atoms with E-state index in [-0.39, 0.29) is 11.2 Å². The maximum absolute atomic E-state index is 9.62. The van der Waals surface area contributed by atoms with Crippen LogP contribution in [0.1, 0.15) is 46.0 Å². The fraction of sp³-hybridized carbons (Fsp3) is 0.667. The van der Waals surface area contributed by atoms with Crippen LogP contribution in [0.4, 0.5) is 0 Å². The Morgan fingerprint density at radius 2 is 1.89 bits per heavy atom. The van der Waals surface area contributed by atoms with E-state index in [1.165, 1.54) is 32.1 Å². The van der Waals surface area contributed by atoms with Gasteiger partial charge in [-0.2, -0.15) is 0 Å². The summed E-state index contributed by atoms with van der Waals surface area (Å²) in [6.45, 7) is 4.34. The second-order valence-corrected chi connectivity index (χ2v) is 6.38. The summed E-state index contributed by atoms with van der Waals surface area (Å²) in [5, 5.41) is 20.3. The first-order valence-electron chi connectivity index (χ1n) is 6.67. The van der Waals surface area contributed by atoms with Crippen molar-refractivity contribution in [1.82, 2.24) is 0 Å². The number of alkyl halides is 1. The minimum atomic E-state index is -0.655. The molecule has 0 fully saturated rings. The molecule has 0 spiro atoms. The molecular weight excluding hydrogens is 292 g/mol. The summed E-state index contributed by atoms with van der Waals surface area (Å²) < 4.78 is 0. The number of unbranched alkanes of at least 4 members (excludes halogenated alkanes) is 3. The highest BCUT2D eigenvalue weighted by atomic mass is 79.9. The molecule has 0 bridgehead atoms. The molecule has 0 amide bonds. The number of halogens is 1. The topological polar surface area (TPSA) is 40.5 Å². The number of allylic oxidation sites excluding steroid dienone is 2. The van der Waals surface area contributed by atoms with E-state index in [9.17, 15) is 10.2 Å². The molecule has 103 valence electrons. The molecule has 1 atom stereocenters. The molecule has 1 unspecified atom stereocenters. The van der Waals surface area contributed by atoms with Gasteiger partial charge in [0.1, 0.15) is 0 Å². The van der Waals surface area contributed by atoms with Crippen molar-refractivity contribution in [3.05, 3.63) is 29.9 Å². The van der Waals surface area contributed by atoms with Crippen LogP contribution >= 0.6 is 15.9 Å². The van der Waals surface area contributed by atoms with E-state index in [2.05, 4.69) is 29.8 Å². The van der Waals surface area contributed by atoms with Gasteiger partial charge in [-0.25, -0.2) is 0 Å². The summed E-state index contributed by atoms with van der Waals surface area (Å²) in [4.78, 5) is 0. The van der Waals surface area contributed by atoms with E-state index in [1.54, 1.807) is 6.08 Å². The smallest absolute Gasteiger partial charge is 0.0994 e. The number of aliphatic hydroxyl groups excluding tert-OH is 2. The molecule has 1 aliphatic carbocycles. The lowest BCUT2D eigenvalue weighted by Crippen LogP contribution is -2.20. The van der Waals surface area contributed by atoms with Crippen LogP contribution < -0.4 is 0 Å². The molecule has 1 aliphatic rings. The molecule has 1 rings (SSSR count). The number of hydrogen-bond acceptors (Lipinski definition) is 2. The minimum absolute atomic E-state index is 0.0115. The van der Waals surface area contributed by atoms with Gasteiger partial charge in [-0.1, -0.05) is 55.1 Å². The second kappa shape index (κ2) is 7.34. The summed E-state index contributed by atoms with van der Waals surface area (Å²) in [5.74, 6) is 0.173. The predicted octanol–water partition coefficient (Wildman–Crippen LogP) is 4.31. The van der Waals surface area contributed by atoms with Gasteiger partial charge in [0.05, 0.1) is 18.3 Å². The van der Waals surface area contributed by atoms with Crippen LogP contribution in [-0.2, 0) is 0 Å². The molecule has 0 aromatic rings. The van der Waals surface area contributed by atoms with Gasteiger partial charge in [0.2, 0.25) is 0 Å². The Labute approximate surface area is 119 Å². The van der Waals surface area contributed by atoms with Crippen molar-refractivity contribution >= 4 is 15.9 Å². The first-order valence-corrected chi connectivity index (χ1v) is 7.80. The van der Waals surface area contributed by atoms with Crippen molar-refractivity contribution < 1.29 is 10.2 Å². The highest BCUT2D eigenvalue weighted by molar-refractivity contribution is 9.09. The summed E-state index contributed by atoms with van der Waals surface area (Å²) in [7, 11) is 0. The first-order chi connectivity index (χ1) is 8.45. The number of rotatable bonds is 7. The Morgan fingerprint density at radius 3 is 2.50 bits per heavy atom. The Morgan fingerprint density at radius 1 is 1.22 bits per heavy atom. The molecule has 1 radical (unpaired) electrons. The zero-order valence-corrected chi connectivity index (χ0v) is 12.9. The maximum atomic E-state index is 9.62. The van der Waals surface area contributed by atoms with Gasteiger partial charge in [0.15, 0.2) is 0 Å². The molecule has 0 heterocycles. The zero-order chi connectivity index (χ0) is 13.6. The molecule has 0 aliphatic heterocycles. The van der Waals surface area contributed by atoms with Crippen LogP contribution in [0, 0.1) is 11.8 Å². The van der Waals surface area contributed by atoms with Crippen molar-refractivity contribution in [1.29, 1.82) is 0 Å². The van der Waals surface area contributed by atoms with Crippen LogP contribution in [0.15, 0.2) is 23.5 Å². The average molecular weight is 316 g/mol. The molecular formula is C15H24BrO2. The van der Waals surface area contributed by atoms with Gasteiger partial charge in [0, 0.05) is 5.33 Å². The zero-order valence-electron chi connectivity index (χ0n) is 11.3. The minimum Gasteiger partial charge on any atom is -0.512 e. The third kappa shape index (κ3) is 5.15. The largest absolute Gasteiger partial charge is 0.512 e. The van der Waals surface area contributed by atoms with E-state index >= 15 is 0 Å². The van der Waals surface area contributed by atoms with Crippen molar-refractivity contribution in [3.8, 4) is 0 Å². The highest BCUT2D eigenvalue weighted by Crippen LogP contribution is 2.36. The summed E-state index contributed by atoms with van der Waals surface area (Å²) in [6, 6.07) is 0. The highest BCUT2D eigenvalue weighted by Gasteiger charge is 2.25. The maximum Gasteiger partial charge on any atom is 0.0994 e. The molecule has 3 heteroatoms. The monoisotopic (exact) mass is 315 g/mol. The van der Waals surface area contributed by atoms with Crippen LogP contribution in [0.25, 0.3) is 0 Å². The second-order valence-electron chi connectivity index (χ2n) is 5.59. The van der Waals surface area contributed by atoms with E-state index in [0.717, 1.165) is 17.3 Å². The van der Waals surface area contributed by atoms with Gasteiger partial charge >= 0.3 is 0 Å². The normalized spacial score (nSPS) is 20.6. The Bertz CT molecular complexity index is 318. The van der Waals surface area contributed by atoms with E-state index in [0.29, 0.717) is 0 Å². The SMILES string of the molecule is CC(C)(CCCCCCBr)C1=CC(O)[CH]C(O)=C1. The van der Waals surface area contributed by atoms with E-state index in [1.807, 2.05) is 6.08 Å². The lowest BCUT2D eigenvalue weighted by atomic mass is 9.77. The Kier molecular flexibility index (Phi) is 6.44. The molecule has 0 saturated heterocycles. The van der Waals surface area contributed by atoms with Crippen molar-refractivity contribution in [2.75, 3.05) is 5.33 Å². The van der Waals surface area contributed by atoms with E-state index < -0.39 is 6.10 Å². The molecule has 2 nitrogen and oxygen atoms in total. The van der Waals surface area contributed by atoms with Gasteiger partial charge in [0.25, 0.3) is 0 Å². The summed E-state index contributed by atoms with van der Waals surface area (Å²) >= 11 is 3.44. The van der Waals surface area contributed by atoms with Gasteiger partial charge in [-0.3, -0.25) is 0 Å². The van der Waals surface area contributed by atoms with E-state index in [4.69, 9.17) is 0 Å². The quantitative estimate of drug-likeness (QED) is 0.543. The molecule has 18 heavy (non-hydrogen) atoms. The number of hydrogen-bond donors (Lipinski definition) is 2. The summed E-state index contributed by atoms with van der Waals surface area (Å²) in [6.07, 6.45) is 10.4. The lowest BCUT2D eigenvalue weighted by molar-refractivity contribution is 0.236. The first kappa shape index (κ1) is 15.8.